The van der Waals surface area contributed by atoms with Crippen molar-refractivity contribution < 1.29 is 16.8 Å². The van der Waals surface area contributed by atoms with Gasteiger partial charge in [0, 0.05) is 11.9 Å². The molecule has 0 saturated heterocycles. The number of sulfonamides is 1. The Morgan fingerprint density at radius 3 is 2.29 bits per heavy atom. The predicted octanol–water partition coefficient (Wildman–Crippen LogP) is 2.12. The zero-order chi connectivity index (χ0) is 17.8. The molecule has 1 heterocycles. The first kappa shape index (κ1) is 19.1. The molecule has 1 aromatic carbocycles. The van der Waals surface area contributed by atoms with Crippen molar-refractivity contribution in [1.29, 1.82) is 0 Å². The summed E-state index contributed by atoms with van der Waals surface area (Å²) in [5, 5.41) is 9.59. The zero-order valence-electron chi connectivity index (χ0n) is 13.2. The van der Waals surface area contributed by atoms with Crippen molar-refractivity contribution in [3.8, 4) is 0 Å². The molecule has 0 unspecified atom stereocenters. The summed E-state index contributed by atoms with van der Waals surface area (Å²) < 4.78 is 47.5. The summed E-state index contributed by atoms with van der Waals surface area (Å²) in [5.74, 6) is 0. The number of nitrogens with two attached hydrogens (primary N) is 1. The van der Waals surface area contributed by atoms with E-state index in [0.717, 1.165) is 42.4 Å². The van der Waals surface area contributed by atoms with Crippen LogP contribution in [0.1, 0.15) is 25.3 Å². The summed E-state index contributed by atoms with van der Waals surface area (Å²) in [6.07, 6.45) is 2.21. The lowest BCUT2D eigenvalue weighted by Gasteiger charge is -2.06. The Morgan fingerprint density at radius 1 is 1.08 bits per heavy atom. The highest BCUT2D eigenvalue weighted by molar-refractivity contribution is 7.92. The van der Waals surface area contributed by atoms with E-state index in [1.807, 2.05) is 0 Å². The van der Waals surface area contributed by atoms with Crippen molar-refractivity contribution in [2.24, 2.45) is 5.14 Å². The molecular weight excluding hydrogens is 368 g/mol. The molecule has 0 fully saturated rings. The quantitative estimate of drug-likeness (QED) is 0.674. The molecule has 2 aromatic rings. The van der Waals surface area contributed by atoms with Crippen LogP contribution in [0.15, 0.2) is 49.7 Å². The van der Waals surface area contributed by atoms with Gasteiger partial charge in [0.15, 0.2) is 0 Å². The number of hydrogen-bond donors (Lipinski definition) is 2. The van der Waals surface area contributed by atoms with Crippen molar-refractivity contribution in [2.45, 2.75) is 40.3 Å². The summed E-state index contributed by atoms with van der Waals surface area (Å²) in [5.41, 5.74) is 0.987. The lowest BCUT2D eigenvalue weighted by atomic mass is 10.2. The molecule has 132 valence electrons. The van der Waals surface area contributed by atoms with E-state index in [4.69, 9.17) is 5.14 Å². The maximum atomic E-state index is 12.5. The summed E-state index contributed by atoms with van der Waals surface area (Å²) in [6, 6.07) is 7.65. The molecule has 0 aliphatic carbocycles. The van der Waals surface area contributed by atoms with Gasteiger partial charge in [0.2, 0.25) is 19.9 Å². The van der Waals surface area contributed by atoms with E-state index in [9.17, 15) is 16.8 Å². The Hall–Kier alpha value is -1.26. The van der Waals surface area contributed by atoms with Gasteiger partial charge in [-0.3, -0.25) is 0 Å². The smallest absolute Gasteiger partial charge is 0.247 e. The van der Waals surface area contributed by atoms with Gasteiger partial charge in [-0.05, 0) is 36.7 Å². The van der Waals surface area contributed by atoms with Crippen molar-refractivity contribution in [3.63, 3.8) is 0 Å². The van der Waals surface area contributed by atoms with Gasteiger partial charge in [0.05, 0.1) is 9.79 Å². The van der Waals surface area contributed by atoms with E-state index in [-0.39, 0.29) is 14.0 Å². The monoisotopic (exact) mass is 388 g/mol. The highest BCUT2D eigenvalue weighted by atomic mass is 32.2. The van der Waals surface area contributed by atoms with Gasteiger partial charge in [-0.2, -0.15) is 0 Å². The number of thiophene rings is 1. The first-order valence-electron chi connectivity index (χ1n) is 7.41. The third-order valence-corrected chi connectivity index (χ3v) is 7.70. The number of benzene rings is 1. The molecule has 0 aliphatic rings. The van der Waals surface area contributed by atoms with E-state index in [1.165, 1.54) is 17.5 Å². The van der Waals surface area contributed by atoms with Gasteiger partial charge >= 0.3 is 0 Å². The van der Waals surface area contributed by atoms with Gasteiger partial charge in [-0.25, -0.2) is 22.0 Å². The summed E-state index contributed by atoms with van der Waals surface area (Å²) >= 11 is 0.795. The van der Waals surface area contributed by atoms with E-state index < -0.39 is 19.9 Å². The van der Waals surface area contributed by atoms with Crippen LogP contribution in [-0.4, -0.2) is 23.4 Å². The molecule has 24 heavy (non-hydrogen) atoms. The average Bonchev–Trinajstić information content (AvgIpc) is 3.03. The van der Waals surface area contributed by atoms with Crippen LogP contribution in [0.3, 0.4) is 0 Å². The molecule has 0 bridgehead atoms. The molecule has 0 spiro atoms. The third kappa shape index (κ3) is 4.64. The second-order valence-electron chi connectivity index (χ2n) is 5.32. The van der Waals surface area contributed by atoms with E-state index in [0.29, 0.717) is 6.54 Å². The van der Waals surface area contributed by atoms with E-state index in [2.05, 4.69) is 12.2 Å². The molecule has 9 heteroatoms. The number of hydrogen-bond acceptors (Lipinski definition) is 6. The van der Waals surface area contributed by atoms with Crippen LogP contribution in [0.25, 0.3) is 0 Å². The number of rotatable bonds is 8. The number of primary sulfonamides is 1. The van der Waals surface area contributed by atoms with Crippen molar-refractivity contribution >= 4 is 31.2 Å². The van der Waals surface area contributed by atoms with Crippen molar-refractivity contribution in [2.75, 3.05) is 6.54 Å². The highest BCUT2D eigenvalue weighted by Gasteiger charge is 2.22. The Labute approximate surface area is 146 Å². The molecular formula is C15H20N2O4S3. The van der Waals surface area contributed by atoms with Crippen LogP contribution in [0.2, 0.25) is 0 Å². The van der Waals surface area contributed by atoms with Crippen molar-refractivity contribution in [1.82, 2.24) is 5.32 Å². The normalized spacial score (nSPS) is 12.4. The molecule has 1 aromatic heterocycles. The molecule has 6 nitrogen and oxygen atoms in total. The molecule has 0 radical (unpaired) electrons. The Balaban J connectivity index is 2.16. The van der Waals surface area contributed by atoms with Crippen LogP contribution in [0.4, 0.5) is 0 Å². The first-order chi connectivity index (χ1) is 11.2. The SMILES string of the molecule is CCCCNCc1ccc(S(=O)(=O)c2csc(S(N)(=O)=O)c2)cc1. The van der Waals surface area contributed by atoms with Crippen LogP contribution < -0.4 is 10.5 Å². The minimum Gasteiger partial charge on any atom is -0.313 e. The van der Waals surface area contributed by atoms with Gasteiger partial charge in [-0.1, -0.05) is 25.5 Å². The summed E-state index contributed by atoms with van der Waals surface area (Å²) in [6.45, 7) is 3.71. The van der Waals surface area contributed by atoms with Crippen molar-refractivity contribution in [3.05, 3.63) is 41.3 Å². The molecule has 0 atom stereocenters. The molecule has 2 rings (SSSR count). The van der Waals surface area contributed by atoms with Gasteiger partial charge in [0.25, 0.3) is 0 Å². The molecule has 0 aliphatic heterocycles. The maximum absolute atomic E-state index is 12.5. The molecule has 0 saturated carbocycles. The van der Waals surface area contributed by atoms with E-state index in [1.54, 1.807) is 12.1 Å². The average molecular weight is 389 g/mol. The topological polar surface area (TPSA) is 106 Å². The van der Waals surface area contributed by atoms with Crippen LogP contribution >= 0.6 is 11.3 Å². The fourth-order valence-electron chi connectivity index (χ4n) is 2.05. The second-order valence-corrected chi connectivity index (χ2v) is 9.97. The minimum atomic E-state index is -3.90. The van der Waals surface area contributed by atoms with Gasteiger partial charge in [-0.15, -0.1) is 11.3 Å². The standard InChI is InChI=1S/C15H20N2O4S3/c1-2-3-8-17-10-12-4-6-13(7-5-12)23(18,19)14-9-15(22-11-14)24(16,20)21/h4-7,9,11,17H,2-3,8,10H2,1H3,(H2,16,20,21). The lowest BCUT2D eigenvalue weighted by molar-refractivity contribution is 0.596. The molecule has 0 amide bonds. The highest BCUT2D eigenvalue weighted by Crippen LogP contribution is 2.27. The van der Waals surface area contributed by atoms with Gasteiger partial charge in [0.1, 0.15) is 4.21 Å². The third-order valence-electron chi connectivity index (χ3n) is 3.41. The first-order valence-corrected chi connectivity index (χ1v) is 11.3. The Kier molecular flexibility index (Phi) is 6.16. The fourth-order valence-corrected chi connectivity index (χ4v) is 5.35. The van der Waals surface area contributed by atoms with Crippen LogP contribution in [-0.2, 0) is 26.4 Å². The zero-order valence-corrected chi connectivity index (χ0v) is 15.7. The number of sulfone groups is 1. The van der Waals surface area contributed by atoms with Crippen LogP contribution in [0, 0.1) is 0 Å². The minimum absolute atomic E-state index is 0.0645. The fraction of sp³-hybridized carbons (Fsp3) is 0.333. The Morgan fingerprint density at radius 2 is 1.75 bits per heavy atom. The predicted molar refractivity (Wildman–Crippen MR) is 94.2 cm³/mol. The van der Waals surface area contributed by atoms with Crippen LogP contribution in [0.5, 0.6) is 0 Å². The van der Waals surface area contributed by atoms with E-state index >= 15 is 0 Å². The summed E-state index contributed by atoms with van der Waals surface area (Å²) in [7, 11) is -7.65. The largest absolute Gasteiger partial charge is 0.313 e. The van der Waals surface area contributed by atoms with Gasteiger partial charge < -0.3 is 5.32 Å². The lowest BCUT2D eigenvalue weighted by Crippen LogP contribution is -2.14. The Bertz CT molecular complexity index is 885. The number of nitrogens with one attached hydrogen (secondary N) is 1. The molecule has 3 N–H and O–H groups in total. The summed E-state index contributed by atoms with van der Waals surface area (Å²) in [4.78, 5) is 0.0592. The second kappa shape index (κ2) is 7.75. The maximum Gasteiger partial charge on any atom is 0.247 e. The number of unbranched alkanes of at least 4 members (excludes halogenated alkanes) is 1.